The summed E-state index contributed by atoms with van der Waals surface area (Å²) in [4.78, 5) is 20.0. The maximum atomic E-state index is 11.1. The third kappa shape index (κ3) is 9.47. The zero-order valence-electron chi connectivity index (χ0n) is 19.1. The molecule has 0 bridgehead atoms. The van der Waals surface area contributed by atoms with Crippen molar-refractivity contribution in [1.82, 2.24) is 0 Å². The first-order valence-corrected chi connectivity index (χ1v) is 13.9. The Balaban J connectivity index is 1.56. The molecule has 1 unspecified atom stereocenters. The van der Waals surface area contributed by atoms with Crippen molar-refractivity contribution >= 4 is 31.0 Å². The van der Waals surface area contributed by atoms with Crippen molar-refractivity contribution in [3.8, 4) is 5.75 Å². The van der Waals surface area contributed by atoms with Gasteiger partial charge in [0.2, 0.25) is 0 Å². The van der Waals surface area contributed by atoms with Crippen LogP contribution in [0.4, 0.5) is 0 Å². The first-order valence-electron chi connectivity index (χ1n) is 11.0. The van der Waals surface area contributed by atoms with Crippen molar-refractivity contribution in [3.63, 3.8) is 0 Å². The van der Waals surface area contributed by atoms with Gasteiger partial charge in [0, 0.05) is 20.6 Å². The fourth-order valence-electron chi connectivity index (χ4n) is 3.37. The van der Waals surface area contributed by atoms with Gasteiger partial charge < -0.3 is 25.4 Å². The number of rotatable bonds is 12. The van der Waals surface area contributed by atoms with Gasteiger partial charge in [0.25, 0.3) is 0 Å². The number of hydrogen-bond acceptors (Lipinski definition) is 5. The van der Waals surface area contributed by atoms with Crippen LogP contribution in [0, 0.1) is 0 Å². The lowest BCUT2D eigenvalue weighted by atomic mass is 9.93. The highest BCUT2D eigenvalue weighted by Gasteiger charge is 2.22. The average Bonchev–Trinajstić information content (AvgIpc) is 2.83. The summed E-state index contributed by atoms with van der Waals surface area (Å²) in [6, 6.07) is 23.8. The summed E-state index contributed by atoms with van der Waals surface area (Å²) in [5, 5.41) is 10.2. The molecule has 0 aliphatic carbocycles. The number of aryl methyl sites for hydroxylation is 1. The van der Waals surface area contributed by atoms with Crippen LogP contribution in [0.2, 0.25) is 5.02 Å². The van der Waals surface area contributed by atoms with Gasteiger partial charge in [-0.2, -0.15) is 0 Å². The number of aliphatic hydroxyl groups is 1. The standard InChI is InChI=1S/C26H29ClNO5PS/c27-25-17-24(12-11-21(25)8-5-13-26(28,19-29)14-15-34(30,31)32)35-23-10-4-9-22(16-23)33-18-20-6-2-1-3-7-20/h1-4,6-7,9-12,14-17,29H,5,8,13,18-19,28H2,(H2,30,31,32). The summed E-state index contributed by atoms with van der Waals surface area (Å²) >= 11 is 8.10. The van der Waals surface area contributed by atoms with Crippen LogP contribution in [0.3, 0.4) is 0 Å². The smallest absolute Gasteiger partial charge is 0.348 e. The van der Waals surface area contributed by atoms with Crippen LogP contribution in [-0.2, 0) is 17.6 Å². The Bertz CT molecular complexity index is 1190. The number of hydrogen-bond donors (Lipinski definition) is 4. The van der Waals surface area contributed by atoms with Crippen LogP contribution < -0.4 is 10.5 Å². The first kappa shape index (κ1) is 27.5. The van der Waals surface area contributed by atoms with Crippen molar-refractivity contribution in [2.24, 2.45) is 5.73 Å². The van der Waals surface area contributed by atoms with E-state index in [4.69, 9.17) is 31.9 Å². The highest BCUT2D eigenvalue weighted by atomic mass is 35.5. The molecule has 0 saturated heterocycles. The molecule has 0 aromatic heterocycles. The summed E-state index contributed by atoms with van der Waals surface area (Å²) in [6.45, 7) is 0.0892. The number of aliphatic hydroxyl groups excluding tert-OH is 1. The lowest BCUT2D eigenvalue weighted by molar-refractivity contribution is 0.217. The molecule has 0 aliphatic rings. The summed E-state index contributed by atoms with van der Waals surface area (Å²) in [6.07, 6.45) is 2.75. The summed E-state index contributed by atoms with van der Waals surface area (Å²) in [5.74, 6) is 1.53. The zero-order chi connectivity index (χ0) is 25.3. The molecule has 0 saturated carbocycles. The molecular formula is C26H29ClNO5PS. The molecule has 3 aromatic carbocycles. The third-order valence-corrected chi connectivity index (χ3v) is 7.17. The summed E-state index contributed by atoms with van der Waals surface area (Å²) in [7, 11) is -4.33. The fraction of sp³-hybridized carbons (Fsp3) is 0.231. The van der Waals surface area contributed by atoms with E-state index < -0.39 is 19.7 Å². The van der Waals surface area contributed by atoms with E-state index in [-0.39, 0.29) is 0 Å². The Labute approximate surface area is 215 Å². The molecule has 1 atom stereocenters. The monoisotopic (exact) mass is 533 g/mol. The second-order valence-electron chi connectivity index (χ2n) is 8.25. The lowest BCUT2D eigenvalue weighted by Crippen LogP contribution is -2.41. The predicted octanol–water partition coefficient (Wildman–Crippen LogP) is 5.77. The molecule has 9 heteroatoms. The van der Waals surface area contributed by atoms with Crippen LogP contribution in [0.25, 0.3) is 0 Å². The molecule has 0 amide bonds. The van der Waals surface area contributed by atoms with Crippen LogP contribution >= 0.6 is 31.0 Å². The van der Waals surface area contributed by atoms with Gasteiger partial charge in [-0.3, -0.25) is 4.57 Å². The molecule has 0 spiro atoms. The molecule has 186 valence electrons. The van der Waals surface area contributed by atoms with E-state index in [0.29, 0.717) is 30.9 Å². The Kier molecular flexibility index (Phi) is 10.0. The largest absolute Gasteiger partial charge is 0.489 e. The number of benzene rings is 3. The van der Waals surface area contributed by atoms with E-state index in [9.17, 15) is 9.67 Å². The van der Waals surface area contributed by atoms with Crippen molar-refractivity contribution in [1.29, 1.82) is 0 Å². The zero-order valence-corrected chi connectivity index (χ0v) is 21.6. The topological polar surface area (TPSA) is 113 Å². The molecular weight excluding hydrogens is 505 g/mol. The fourth-order valence-corrected chi connectivity index (χ4v) is 5.10. The Morgan fingerprint density at radius 2 is 1.77 bits per heavy atom. The molecule has 0 heterocycles. The Hall–Kier alpha value is -2.09. The second kappa shape index (κ2) is 12.7. The molecule has 35 heavy (non-hydrogen) atoms. The SMILES string of the molecule is NC(C=CP(=O)(O)O)(CO)CCCc1ccc(Sc2cccc(OCc3ccccc3)c2)cc1Cl. The number of nitrogens with two attached hydrogens (primary N) is 1. The minimum Gasteiger partial charge on any atom is -0.489 e. The second-order valence-corrected chi connectivity index (χ2v) is 11.3. The average molecular weight is 534 g/mol. The highest BCUT2D eigenvalue weighted by molar-refractivity contribution is 7.99. The molecule has 0 radical (unpaired) electrons. The van der Waals surface area contributed by atoms with Gasteiger partial charge in [-0.25, -0.2) is 0 Å². The van der Waals surface area contributed by atoms with Crippen LogP contribution in [-0.4, -0.2) is 27.0 Å². The Morgan fingerprint density at radius 1 is 1.03 bits per heavy atom. The van der Waals surface area contributed by atoms with Crippen LogP contribution in [0.1, 0.15) is 24.0 Å². The molecule has 0 aliphatic heterocycles. The van der Waals surface area contributed by atoms with Crippen molar-refractivity contribution in [3.05, 3.63) is 101 Å². The van der Waals surface area contributed by atoms with Gasteiger partial charge in [0.1, 0.15) is 12.4 Å². The molecule has 6 nitrogen and oxygen atoms in total. The van der Waals surface area contributed by atoms with Gasteiger partial charge in [-0.1, -0.05) is 71.9 Å². The maximum Gasteiger partial charge on any atom is 0.348 e. The minimum absolute atomic E-state index is 0.350. The van der Waals surface area contributed by atoms with E-state index in [1.807, 2.05) is 72.8 Å². The van der Waals surface area contributed by atoms with Gasteiger partial charge in [-0.15, -0.1) is 0 Å². The maximum absolute atomic E-state index is 11.1. The Morgan fingerprint density at radius 3 is 2.46 bits per heavy atom. The highest BCUT2D eigenvalue weighted by Crippen LogP contribution is 2.37. The number of halogens is 1. The van der Waals surface area contributed by atoms with Gasteiger partial charge in [0.05, 0.1) is 12.1 Å². The third-order valence-electron chi connectivity index (χ3n) is 5.30. The van der Waals surface area contributed by atoms with Crippen molar-refractivity contribution in [2.45, 2.75) is 41.2 Å². The summed E-state index contributed by atoms with van der Waals surface area (Å²) < 4.78 is 17.0. The molecule has 3 aromatic rings. The van der Waals surface area contributed by atoms with E-state index in [2.05, 4.69) is 0 Å². The normalized spacial score (nSPS) is 13.6. The van der Waals surface area contributed by atoms with Crippen molar-refractivity contribution < 1.29 is 24.2 Å². The summed E-state index contributed by atoms with van der Waals surface area (Å²) in [5.41, 5.74) is 6.91. The lowest BCUT2D eigenvalue weighted by Gasteiger charge is -2.23. The van der Waals surface area contributed by atoms with Gasteiger partial charge >= 0.3 is 7.60 Å². The molecule has 5 N–H and O–H groups in total. The van der Waals surface area contributed by atoms with E-state index in [0.717, 1.165) is 32.5 Å². The molecule has 3 rings (SSSR count). The van der Waals surface area contributed by atoms with Gasteiger partial charge in [0.15, 0.2) is 0 Å². The van der Waals surface area contributed by atoms with E-state index in [1.165, 1.54) is 6.08 Å². The van der Waals surface area contributed by atoms with E-state index >= 15 is 0 Å². The van der Waals surface area contributed by atoms with Crippen LogP contribution in [0.5, 0.6) is 5.75 Å². The first-order chi connectivity index (χ1) is 16.7. The number of ether oxygens (including phenoxy) is 1. The van der Waals surface area contributed by atoms with Crippen LogP contribution in [0.15, 0.2) is 94.5 Å². The molecule has 0 fully saturated rings. The van der Waals surface area contributed by atoms with Gasteiger partial charge in [-0.05, 0) is 60.7 Å². The van der Waals surface area contributed by atoms with Crippen molar-refractivity contribution in [2.75, 3.05) is 6.61 Å². The quantitative estimate of drug-likeness (QED) is 0.218. The van der Waals surface area contributed by atoms with E-state index in [1.54, 1.807) is 11.8 Å². The minimum atomic E-state index is -4.33. The predicted molar refractivity (Wildman–Crippen MR) is 141 cm³/mol.